The van der Waals surface area contributed by atoms with Crippen molar-refractivity contribution in [2.45, 2.75) is 103 Å². The van der Waals surface area contributed by atoms with Crippen LogP contribution in [0, 0.1) is 11.8 Å². The molecule has 0 aromatic rings. The van der Waals surface area contributed by atoms with Gasteiger partial charge in [0.25, 0.3) is 0 Å². The highest BCUT2D eigenvalue weighted by molar-refractivity contribution is 5.85. The summed E-state index contributed by atoms with van der Waals surface area (Å²) in [5.74, 6) is -1.81. The second kappa shape index (κ2) is 13.8. The highest BCUT2D eigenvalue weighted by Gasteiger charge is 2.55. The van der Waals surface area contributed by atoms with E-state index in [2.05, 4.69) is 13.8 Å². The molecule has 0 bridgehead atoms. The van der Waals surface area contributed by atoms with Gasteiger partial charge in [0.2, 0.25) is 0 Å². The zero-order chi connectivity index (χ0) is 20.9. The fraction of sp³-hybridized carbons (Fsp3) is 0.833. The van der Waals surface area contributed by atoms with Crippen molar-refractivity contribution < 1.29 is 23.8 Å². The Balaban J connectivity index is 1.68. The minimum Gasteiger partial charge on any atom is -0.465 e. The quantitative estimate of drug-likeness (QED) is 0.149. The van der Waals surface area contributed by atoms with Crippen LogP contribution in [0.1, 0.15) is 90.9 Å². The van der Waals surface area contributed by atoms with Gasteiger partial charge in [0.15, 0.2) is 0 Å². The molecule has 166 valence electrons. The first-order chi connectivity index (χ1) is 14.2. The Bertz CT molecular complexity index is 515. The Labute approximate surface area is 176 Å². The summed E-state index contributed by atoms with van der Waals surface area (Å²) >= 11 is 0. The summed E-state index contributed by atoms with van der Waals surface area (Å²) in [6, 6.07) is 0. The molecule has 5 heteroatoms. The molecule has 1 aliphatic carbocycles. The molecule has 5 nitrogen and oxygen atoms in total. The lowest BCUT2D eigenvalue weighted by Crippen LogP contribution is -2.37. The number of unbranched alkanes of at least 4 members (excludes halogenated alkanes) is 10. The summed E-state index contributed by atoms with van der Waals surface area (Å²) < 4.78 is 16.5. The van der Waals surface area contributed by atoms with E-state index in [9.17, 15) is 9.59 Å². The summed E-state index contributed by atoms with van der Waals surface area (Å²) in [4.78, 5) is 25.2. The van der Waals surface area contributed by atoms with E-state index in [4.69, 9.17) is 14.2 Å². The van der Waals surface area contributed by atoms with E-state index in [1.54, 1.807) is 6.08 Å². The number of epoxide rings is 1. The van der Waals surface area contributed by atoms with Crippen molar-refractivity contribution in [3.05, 3.63) is 12.2 Å². The molecule has 0 aromatic heterocycles. The van der Waals surface area contributed by atoms with E-state index in [0.717, 1.165) is 25.7 Å². The highest BCUT2D eigenvalue weighted by Crippen LogP contribution is 2.41. The molecule has 0 saturated carbocycles. The number of hydrogen-bond acceptors (Lipinski definition) is 5. The Morgan fingerprint density at radius 1 is 0.724 bits per heavy atom. The normalized spacial score (nSPS) is 24.8. The van der Waals surface area contributed by atoms with Crippen molar-refractivity contribution >= 4 is 11.9 Å². The van der Waals surface area contributed by atoms with Gasteiger partial charge in [0.1, 0.15) is 18.1 Å². The lowest BCUT2D eigenvalue weighted by Gasteiger charge is -2.22. The standard InChI is InChI=1S/C24H40O5/c1-3-5-7-9-11-13-17-27-23(25)19-15-16-20-22(29-20)21(19)24(26)28-18-14-12-10-8-6-4-2/h15-16,19-22H,3-14,17-18H2,1-2H3. The summed E-state index contributed by atoms with van der Waals surface area (Å²) in [6.07, 6.45) is 17.1. The van der Waals surface area contributed by atoms with E-state index in [0.29, 0.717) is 13.2 Å². The van der Waals surface area contributed by atoms with Gasteiger partial charge in [-0.05, 0) is 12.8 Å². The number of fused-ring (bicyclic) bond motifs is 1. The molecule has 2 rings (SSSR count). The van der Waals surface area contributed by atoms with Crippen LogP contribution in [0.5, 0.6) is 0 Å². The van der Waals surface area contributed by atoms with Crippen LogP contribution in [-0.2, 0) is 23.8 Å². The molecule has 1 fully saturated rings. The van der Waals surface area contributed by atoms with E-state index in [1.165, 1.54) is 51.4 Å². The van der Waals surface area contributed by atoms with Crippen LogP contribution in [0.3, 0.4) is 0 Å². The zero-order valence-electron chi connectivity index (χ0n) is 18.4. The van der Waals surface area contributed by atoms with E-state index in [1.807, 2.05) is 6.08 Å². The topological polar surface area (TPSA) is 65.1 Å². The third kappa shape index (κ3) is 8.49. The Hall–Kier alpha value is -1.36. The fourth-order valence-electron chi connectivity index (χ4n) is 3.94. The second-order valence-electron chi connectivity index (χ2n) is 8.37. The average molecular weight is 409 g/mol. The molecule has 0 spiro atoms. The van der Waals surface area contributed by atoms with Gasteiger partial charge in [-0.25, -0.2) is 0 Å². The SMILES string of the molecule is CCCCCCCCOC(=O)C1C=CC2OC2C1C(=O)OCCCCCCCC. The smallest absolute Gasteiger partial charge is 0.313 e. The van der Waals surface area contributed by atoms with Crippen molar-refractivity contribution in [2.75, 3.05) is 13.2 Å². The number of carbonyl (C=O) groups is 2. The van der Waals surface area contributed by atoms with Crippen LogP contribution in [-0.4, -0.2) is 37.4 Å². The van der Waals surface area contributed by atoms with Crippen LogP contribution >= 0.6 is 0 Å². The van der Waals surface area contributed by atoms with Crippen LogP contribution in [0.4, 0.5) is 0 Å². The minimum absolute atomic E-state index is 0.0517. The van der Waals surface area contributed by atoms with Gasteiger partial charge in [-0.1, -0.05) is 90.2 Å². The Morgan fingerprint density at radius 2 is 1.24 bits per heavy atom. The molecular formula is C24H40O5. The van der Waals surface area contributed by atoms with E-state index >= 15 is 0 Å². The van der Waals surface area contributed by atoms with Crippen molar-refractivity contribution in [3.63, 3.8) is 0 Å². The molecule has 0 N–H and O–H groups in total. The molecular weight excluding hydrogens is 368 g/mol. The predicted molar refractivity (Wildman–Crippen MR) is 113 cm³/mol. The zero-order valence-corrected chi connectivity index (χ0v) is 18.4. The van der Waals surface area contributed by atoms with Crippen LogP contribution in [0.25, 0.3) is 0 Å². The molecule has 29 heavy (non-hydrogen) atoms. The van der Waals surface area contributed by atoms with Gasteiger partial charge in [-0.2, -0.15) is 0 Å². The van der Waals surface area contributed by atoms with Gasteiger partial charge in [0, 0.05) is 0 Å². The van der Waals surface area contributed by atoms with Crippen molar-refractivity contribution in [1.82, 2.24) is 0 Å². The molecule has 1 saturated heterocycles. The molecule has 1 aliphatic heterocycles. The van der Waals surface area contributed by atoms with E-state index < -0.39 is 11.8 Å². The summed E-state index contributed by atoms with van der Waals surface area (Å²) in [6.45, 7) is 5.23. The largest absolute Gasteiger partial charge is 0.465 e. The van der Waals surface area contributed by atoms with Crippen molar-refractivity contribution in [1.29, 1.82) is 0 Å². The monoisotopic (exact) mass is 408 g/mol. The number of rotatable bonds is 16. The molecule has 4 unspecified atom stereocenters. The predicted octanol–water partition coefficient (Wildman–Crippen LogP) is 5.36. The Morgan fingerprint density at radius 3 is 1.83 bits per heavy atom. The maximum absolute atomic E-state index is 12.6. The van der Waals surface area contributed by atoms with Gasteiger partial charge >= 0.3 is 11.9 Å². The molecule has 0 amide bonds. The molecule has 1 heterocycles. The Kier molecular flexibility index (Phi) is 11.4. The highest BCUT2D eigenvalue weighted by atomic mass is 16.6. The third-order valence-corrected chi connectivity index (χ3v) is 5.84. The van der Waals surface area contributed by atoms with Crippen molar-refractivity contribution in [2.24, 2.45) is 11.8 Å². The van der Waals surface area contributed by atoms with E-state index in [-0.39, 0.29) is 24.1 Å². The van der Waals surface area contributed by atoms with Crippen molar-refractivity contribution in [3.8, 4) is 0 Å². The first-order valence-electron chi connectivity index (χ1n) is 11.9. The average Bonchev–Trinajstić information content (AvgIpc) is 3.51. The first kappa shape index (κ1) is 23.9. The summed E-state index contributed by atoms with van der Waals surface area (Å²) in [7, 11) is 0. The molecule has 0 aromatic carbocycles. The molecule has 2 aliphatic rings. The molecule has 0 radical (unpaired) electrons. The molecule has 4 atom stereocenters. The van der Waals surface area contributed by atoms with Gasteiger partial charge in [0.05, 0.1) is 19.1 Å². The first-order valence-corrected chi connectivity index (χ1v) is 11.9. The fourth-order valence-corrected chi connectivity index (χ4v) is 3.94. The summed E-state index contributed by atoms with van der Waals surface area (Å²) in [5, 5.41) is 0. The number of esters is 2. The summed E-state index contributed by atoms with van der Waals surface area (Å²) in [5.41, 5.74) is 0. The third-order valence-electron chi connectivity index (χ3n) is 5.84. The number of carbonyl (C=O) groups excluding carboxylic acids is 2. The number of ether oxygens (including phenoxy) is 3. The van der Waals surface area contributed by atoms with Gasteiger partial charge in [-0.3, -0.25) is 9.59 Å². The number of hydrogen-bond donors (Lipinski definition) is 0. The van der Waals surface area contributed by atoms with Crippen LogP contribution < -0.4 is 0 Å². The lowest BCUT2D eigenvalue weighted by molar-refractivity contribution is -0.160. The maximum atomic E-state index is 12.6. The minimum atomic E-state index is -0.587. The van der Waals surface area contributed by atoms with Gasteiger partial charge < -0.3 is 14.2 Å². The lowest BCUT2D eigenvalue weighted by atomic mass is 9.84. The van der Waals surface area contributed by atoms with Crippen LogP contribution in [0.15, 0.2) is 12.2 Å². The maximum Gasteiger partial charge on any atom is 0.313 e. The second-order valence-corrected chi connectivity index (χ2v) is 8.37. The van der Waals surface area contributed by atoms with Crippen LogP contribution in [0.2, 0.25) is 0 Å². The van der Waals surface area contributed by atoms with Gasteiger partial charge in [-0.15, -0.1) is 0 Å².